The van der Waals surface area contributed by atoms with Gasteiger partial charge in [0.2, 0.25) is 0 Å². The fraction of sp³-hybridized carbons (Fsp3) is 0.304. The molecule has 0 saturated carbocycles. The molecule has 1 aliphatic heterocycles. The van der Waals surface area contributed by atoms with Gasteiger partial charge in [-0.1, -0.05) is 42.0 Å². The van der Waals surface area contributed by atoms with Crippen LogP contribution >= 0.6 is 0 Å². The number of aryl methyl sites for hydroxylation is 1. The van der Waals surface area contributed by atoms with Crippen molar-refractivity contribution in [1.82, 2.24) is 9.88 Å². The van der Waals surface area contributed by atoms with Gasteiger partial charge in [-0.25, -0.2) is 0 Å². The van der Waals surface area contributed by atoms with Gasteiger partial charge in [0.25, 0.3) is 11.5 Å². The number of fused-ring (bicyclic) bond motifs is 1. The molecule has 1 atom stereocenters. The van der Waals surface area contributed by atoms with Crippen LogP contribution in [0.4, 0.5) is 0 Å². The molecule has 1 amide bonds. The highest BCUT2D eigenvalue weighted by atomic mass is 16.5. The van der Waals surface area contributed by atoms with Crippen LogP contribution in [0, 0.1) is 6.92 Å². The van der Waals surface area contributed by atoms with Crippen molar-refractivity contribution in [3.63, 3.8) is 0 Å². The number of amides is 1. The standard InChI is InChI=1S/C23H24N2O3/c1-16-9-10-20-18(12-16)13-19(22(26)24-20)15-25(14-17-6-3-2-4-7-17)23(27)21-8-5-11-28-21/h2-4,6-7,9-10,12-13,21H,5,8,11,14-15H2,1H3,(H,24,26)/t21-/m1/s1. The maximum atomic E-state index is 13.1. The minimum Gasteiger partial charge on any atom is -0.368 e. The lowest BCUT2D eigenvalue weighted by atomic mass is 10.1. The molecule has 5 nitrogen and oxygen atoms in total. The zero-order chi connectivity index (χ0) is 19.5. The quantitative estimate of drug-likeness (QED) is 0.741. The van der Waals surface area contributed by atoms with E-state index in [9.17, 15) is 9.59 Å². The van der Waals surface area contributed by atoms with Crippen LogP contribution < -0.4 is 5.56 Å². The van der Waals surface area contributed by atoms with Gasteiger partial charge >= 0.3 is 0 Å². The van der Waals surface area contributed by atoms with Crippen molar-refractivity contribution < 1.29 is 9.53 Å². The summed E-state index contributed by atoms with van der Waals surface area (Å²) in [5.74, 6) is -0.0508. The first-order valence-corrected chi connectivity index (χ1v) is 9.67. The van der Waals surface area contributed by atoms with Crippen molar-refractivity contribution in [2.75, 3.05) is 6.61 Å². The number of ether oxygens (including phenoxy) is 1. The minimum atomic E-state index is -0.412. The zero-order valence-corrected chi connectivity index (χ0v) is 16.0. The minimum absolute atomic E-state index is 0.0508. The molecule has 1 aliphatic rings. The van der Waals surface area contributed by atoms with Gasteiger partial charge in [0, 0.05) is 24.2 Å². The number of pyridine rings is 1. The fourth-order valence-electron chi connectivity index (χ4n) is 3.69. The number of nitrogens with zero attached hydrogens (tertiary/aromatic N) is 1. The largest absolute Gasteiger partial charge is 0.368 e. The Kier molecular flexibility index (Phi) is 5.26. The van der Waals surface area contributed by atoms with E-state index in [0.717, 1.165) is 34.9 Å². The number of H-pyrrole nitrogens is 1. The van der Waals surface area contributed by atoms with Gasteiger partial charge in [0.05, 0.1) is 6.54 Å². The molecule has 3 aromatic rings. The maximum Gasteiger partial charge on any atom is 0.253 e. The van der Waals surface area contributed by atoms with Crippen molar-refractivity contribution in [1.29, 1.82) is 0 Å². The molecule has 2 aromatic carbocycles. The van der Waals surface area contributed by atoms with E-state index in [0.29, 0.717) is 18.7 Å². The Hall–Kier alpha value is -2.92. The molecule has 1 saturated heterocycles. The van der Waals surface area contributed by atoms with Crippen molar-refractivity contribution >= 4 is 16.8 Å². The van der Waals surface area contributed by atoms with Crippen LogP contribution in [-0.2, 0) is 22.6 Å². The summed E-state index contributed by atoms with van der Waals surface area (Å²) in [6.45, 7) is 3.34. The summed E-state index contributed by atoms with van der Waals surface area (Å²) in [4.78, 5) is 30.4. The van der Waals surface area contributed by atoms with E-state index in [-0.39, 0.29) is 18.0 Å². The first-order chi connectivity index (χ1) is 13.6. The molecule has 5 heteroatoms. The number of carbonyl (C=O) groups is 1. The monoisotopic (exact) mass is 376 g/mol. The molecule has 0 bridgehead atoms. The summed E-state index contributed by atoms with van der Waals surface area (Å²) in [7, 11) is 0. The maximum absolute atomic E-state index is 13.1. The molecule has 1 aromatic heterocycles. The van der Waals surface area contributed by atoms with E-state index in [4.69, 9.17) is 4.74 Å². The molecule has 2 heterocycles. The molecule has 0 unspecified atom stereocenters. The molecule has 0 aliphatic carbocycles. The predicted molar refractivity (Wildman–Crippen MR) is 109 cm³/mol. The predicted octanol–water partition coefficient (Wildman–Crippen LogP) is 3.54. The third-order valence-electron chi connectivity index (χ3n) is 5.17. The average Bonchev–Trinajstić information content (AvgIpc) is 3.23. The highest BCUT2D eigenvalue weighted by Gasteiger charge is 2.29. The number of aromatic amines is 1. The molecule has 0 radical (unpaired) electrons. The van der Waals surface area contributed by atoms with Gasteiger partial charge in [0.15, 0.2) is 0 Å². The van der Waals surface area contributed by atoms with Crippen molar-refractivity contribution in [2.45, 2.75) is 39.0 Å². The average molecular weight is 376 g/mol. The molecule has 144 valence electrons. The second-order valence-corrected chi connectivity index (χ2v) is 7.40. The van der Waals surface area contributed by atoms with Crippen LogP contribution in [-0.4, -0.2) is 28.5 Å². The van der Waals surface area contributed by atoms with E-state index in [1.807, 2.05) is 61.5 Å². The van der Waals surface area contributed by atoms with E-state index in [2.05, 4.69) is 4.98 Å². The summed E-state index contributed by atoms with van der Waals surface area (Å²) in [5, 5.41) is 0.971. The molecule has 0 spiro atoms. The van der Waals surface area contributed by atoms with E-state index in [1.54, 1.807) is 4.90 Å². The SMILES string of the molecule is Cc1ccc2[nH]c(=O)c(CN(Cc3ccccc3)C(=O)[C@H]3CCCO3)cc2c1. The number of carbonyl (C=O) groups excluding carboxylic acids is 1. The van der Waals surface area contributed by atoms with Crippen LogP contribution in [0.5, 0.6) is 0 Å². The van der Waals surface area contributed by atoms with E-state index < -0.39 is 6.10 Å². The number of hydrogen-bond acceptors (Lipinski definition) is 3. The third kappa shape index (κ3) is 3.99. The number of benzene rings is 2. The molecular weight excluding hydrogens is 352 g/mol. The summed E-state index contributed by atoms with van der Waals surface area (Å²) < 4.78 is 5.61. The number of nitrogens with one attached hydrogen (secondary N) is 1. The lowest BCUT2D eigenvalue weighted by Crippen LogP contribution is -2.39. The molecule has 1 N–H and O–H groups in total. The van der Waals surface area contributed by atoms with Crippen molar-refractivity contribution in [3.8, 4) is 0 Å². The second-order valence-electron chi connectivity index (χ2n) is 7.40. The Bertz CT molecular complexity index is 1040. The van der Waals surface area contributed by atoms with Gasteiger partial charge in [-0.3, -0.25) is 9.59 Å². The first-order valence-electron chi connectivity index (χ1n) is 9.67. The number of hydrogen-bond donors (Lipinski definition) is 1. The van der Waals surface area contributed by atoms with Crippen LogP contribution in [0.1, 0.15) is 29.5 Å². The van der Waals surface area contributed by atoms with Crippen LogP contribution in [0.15, 0.2) is 59.4 Å². The molecule has 4 rings (SSSR count). The second kappa shape index (κ2) is 7.98. The van der Waals surface area contributed by atoms with Crippen molar-refractivity contribution in [3.05, 3.63) is 81.6 Å². The van der Waals surface area contributed by atoms with Gasteiger partial charge in [-0.05, 0) is 48.9 Å². The molecular formula is C23H24N2O3. The van der Waals surface area contributed by atoms with E-state index >= 15 is 0 Å². The smallest absolute Gasteiger partial charge is 0.253 e. The Morgan fingerprint density at radius 1 is 1.14 bits per heavy atom. The van der Waals surface area contributed by atoms with Gasteiger partial charge < -0.3 is 14.6 Å². The Morgan fingerprint density at radius 3 is 2.71 bits per heavy atom. The van der Waals surface area contributed by atoms with Gasteiger partial charge in [-0.2, -0.15) is 0 Å². The molecule has 28 heavy (non-hydrogen) atoms. The summed E-state index contributed by atoms with van der Waals surface area (Å²) in [6, 6.07) is 17.7. The van der Waals surface area contributed by atoms with E-state index in [1.165, 1.54) is 0 Å². The highest BCUT2D eigenvalue weighted by molar-refractivity contribution is 5.82. The normalized spacial score (nSPS) is 16.4. The fourth-order valence-corrected chi connectivity index (χ4v) is 3.69. The summed E-state index contributed by atoms with van der Waals surface area (Å²) in [6.07, 6.45) is 1.22. The van der Waals surface area contributed by atoms with Crippen LogP contribution in [0.25, 0.3) is 10.9 Å². The lowest BCUT2D eigenvalue weighted by Gasteiger charge is -2.25. The molecule has 1 fully saturated rings. The topological polar surface area (TPSA) is 62.4 Å². The third-order valence-corrected chi connectivity index (χ3v) is 5.17. The lowest BCUT2D eigenvalue weighted by molar-refractivity contribution is -0.142. The number of rotatable bonds is 5. The summed E-state index contributed by atoms with van der Waals surface area (Å²) in [5.41, 5.74) is 3.39. The van der Waals surface area contributed by atoms with Gasteiger partial charge in [-0.15, -0.1) is 0 Å². The first kappa shape index (κ1) is 18.4. The van der Waals surface area contributed by atoms with Gasteiger partial charge in [0.1, 0.15) is 6.10 Å². The van der Waals surface area contributed by atoms with Crippen LogP contribution in [0.3, 0.4) is 0 Å². The Labute approximate surface area is 163 Å². The van der Waals surface area contributed by atoms with Crippen LogP contribution in [0.2, 0.25) is 0 Å². The zero-order valence-electron chi connectivity index (χ0n) is 16.0. The Morgan fingerprint density at radius 2 is 1.96 bits per heavy atom. The summed E-state index contributed by atoms with van der Waals surface area (Å²) >= 11 is 0. The highest BCUT2D eigenvalue weighted by Crippen LogP contribution is 2.19. The van der Waals surface area contributed by atoms with Crippen molar-refractivity contribution in [2.24, 2.45) is 0 Å². The Balaban J connectivity index is 1.66. The number of aromatic nitrogens is 1.